The average Bonchev–Trinajstić information content (AvgIpc) is 2.66. The van der Waals surface area contributed by atoms with Crippen molar-refractivity contribution in [1.29, 1.82) is 0 Å². The lowest BCUT2D eigenvalue weighted by molar-refractivity contribution is 0.102. The van der Waals surface area contributed by atoms with Gasteiger partial charge in [0.15, 0.2) is 0 Å². The Bertz CT molecular complexity index is 1140. The molecule has 0 aliphatic heterocycles. The number of nitrogens with one attached hydrogen (secondary N) is 2. The van der Waals surface area contributed by atoms with E-state index in [-0.39, 0.29) is 21.5 Å². The van der Waals surface area contributed by atoms with E-state index in [0.29, 0.717) is 16.8 Å². The summed E-state index contributed by atoms with van der Waals surface area (Å²) in [5, 5.41) is 2.57. The summed E-state index contributed by atoms with van der Waals surface area (Å²) in [5.41, 5.74) is 1.71. The number of carbonyl (C=O) groups excluding carboxylic acids is 1. The van der Waals surface area contributed by atoms with Crippen LogP contribution in [0.1, 0.15) is 15.9 Å². The number of amides is 1. The highest BCUT2D eigenvalue weighted by atomic mass is 35.5. The zero-order valence-electron chi connectivity index (χ0n) is 14.7. The molecule has 144 valence electrons. The van der Waals surface area contributed by atoms with Crippen LogP contribution in [0.2, 0.25) is 5.02 Å². The fourth-order valence-corrected chi connectivity index (χ4v) is 3.82. The molecular weight excluding hydrogens is 403 g/mol. The van der Waals surface area contributed by atoms with E-state index < -0.39 is 15.8 Å². The van der Waals surface area contributed by atoms with Gasteiger partial charge >= 0.3 is 0 Å². The number of benzene rings is 3. The lowest BCUT2D eigenvalue weighted by Crippen LogP contribution is -2.15. The molecule has 0 aromatic heterocycles. The smallest absolute Gasteiger partial charge is 0.261 e. The molecule has 28 heavy (non-hydrogen) atoms. The van der Waals surface area contributed by atoms with Gasteiger partial charge in [-0.3, -0.25) is 9.52 Å². The van der Waals surface area contributed by atoms with E-state index in [1.165, 1.54) is 30.3 Å². The number of hydrogen-bond donors (Lipinski definition) is 2. The lowest BCUT2D eigenvalue weighted by Gasteiger charge is -2.12. The number of anilines is 2. The van der Waals surface area contributed by atoms with Crippen molar-refractivity contribution in [3.63, 3.8) is 0 Å². The molecule has 2 N–H and O–H groups in total. The van der Waals surface area contributed by atoms with Crippen molar-refractivity contribution in [2.24, 2.45) is 0 Å². The van der Waals surface area contributed by atoms with E-state index in [4.69, 9.17) is 11.6 Å². The Labute approximate surface area is 167 Å². The maximum atomic E-state index is 13.2. The van der Waals surface area contributed by atoms with Crippen LogP contribution in [0.15, 0.2) is 71.6 Å². The predicted molar refractivity (Wildman–Crippen MR) is 108 cm³/mol. The highest BCUT2D eigenvalue weighted by molar-refractivity contribution is 7.92. The third kappa shape index (κ3) is 4.49. The molecule has 5 nitrogen and oxygen atoms in total. The number of aryl methyl sites for hydroxylation is 1. The standard InChI is InChI=1S/C20H16ClFN2O3S/c1-13-11-16(28(26,27)24-15-7-9-18(22)17(21)12-15)8-10-19(13)23-20(25)14-5-3-2-4-6-14/h2-12,24H,1H3,(H,23,25). The van der Waals surface area contributed by atoms with Crippen LogP contribution in [0.3, 0.4) is 0 Å². The largest absolute Gasteiger partial charge is 0.322 e. The first kappa shape index (κ1) is 19.9. The van der Waals surface area contributed by atoms with E-state index in [1.54, 1.807) is 31.2 Å². The number of hydrogen-bond acceptors (Lipinski definition) is 3. The quantitative estimate of drug-likeness (QED) is 0.622. The maximum Gasteiger partial charge on any atom is 0.261 e. The van der Waals surface area contributed by atoms with Gasteiger partial charge in [-0.15, -0.1) is 0 Å². The Morgan fingerprint density at radius 2 is 1.71 bits per heavy atom. The molecule has 0 saturated carbocycles. The minimum Gasteiger partial charge on any atom is -0.322 e. The fraction of sp³-hybridized carbons (Fsp3) is 0.0500. The topological polar surface area (TPSA) is 75.3 Å². The Kier molecular flexibility index (Phi) is 5.67. The number of halogens is 2. The fourth-order valence-electron chi connectivity index (χ4n) is 2.50. The number of rotatable bonds is 5. The van der Waals surface area contributed by atoms with Crippen molar-refractivity contribution in [2.45, 2.75) is 11.8 Å². The normalized spacial score (nSPS) is 11.1. The lowest BCUT2D eigenvalue weighted by atomic mass is 10.1. The van der Waals surface area contributed by atoms with Gasteiger partial charge in [-0.2, -0.15) is 0 Å². The predicted octanol–water partition coefficient (Wildman–Crippen LogP) is 4.84. The van der Waals surface area contributed by atoms with Gasteiger partial charge in [-0.05, 0) is 61.0 Å². The van der Waals surface area contributed by atoms with Crippen molar-refractivity contribution < 1.29 is 17.6 Å². The monoisotopic (exact) mass is 418 g/mol. The number of sulfonamides is 1. The van der Waals surface area contributed by atoms with Gasteiger partial charge in [0.1, 0.15) is 5.82 Å². The molecule has 0 heterocycles. The van der Waals surface area contributed by atoms with Gasteiger partial charge in [0.05, 0.1) is 15.6 Å². The molecule has 0 atom stereocenters. The second-order valence-corrected chi connectivity index (χ2v) is 8.12. The molecule has 0 unspecified atom stereocenters. The summed E-state index contributed by atoms with van der Waals surface area (Å²) in [6.07, 6.45) is 0. The molecule has 0 aliphatic carbocycles. The molecule has 0 saturated heterocycles. The highest BCUT2D eigenvalue weighted by Gasteiger charge is 2.17. The molecule has 0 radical (unpaired) electrons. The molecule has 0 aliphatic rings. The summed E-state index contributed by atoms with van der Waals surface area (Å²) in [5.74, 6) is -0.933. The van der Waals surface area contributed by atoms with Gasteiger partial charge in [0, 0.05) is 11.3 Å². The van der Waals surface area contributed by atoms with Crippen LogP contribution >= 0.6 is 11.6 Å². The second kappa shape index (κ2) is 8.00. The zero-order chi connectivity index (χ0) is 20.3. The van der Waals surface area contributed by atoms with Gasteiger partial charge in [0.25, 0.3) is 15.9 Å². The van der Waals surface area contributed by atoms with E-state index >= 15 is 0 Å². The van der Waals surface area contributed by atoms with Crippen LogP contribution in [-0.2, 0) is 10.0 Å². The first-order valence-electron chi connectivity index (χ1n) is 8.21. The summed E-state index contributed by atoms with van der Waals surface area (Å²) in [6.45, 7) is 1.69. The van der Waals surface area contributed by atoms with Crippen LogP contribution in [0.25, 0.3) is 0 Å². The molecule has 8 heteroatoms. The van der Waals surface area contributed by atoms with Gasteiger partial charge < -0.3 is 5.32 Å². The first-order valence-corrected chi connectivity index (χ1v) is 10.1. The molecule has 0 spiro atoms. The molecule has 0 bridgehead atoms. The van der Waals surface area contributed by atoms with Crippen molar-refractivity contribution in [1.82, 2.24) is 0 Å². The van der Waals surface area contributed by atoms with Crippen molar-refractivity contribution in [3.8, 4) is 0 Å². The third-order valence-corrected chi connectivity index (χ3v) is 5.63. The summed E-state index contributed by atoms with van der Waals surface area (Å²) < 4.78 is 40.7. The van der Waals surface area contributed by atoms with Crippen molar-refractivity contribution in [3.05, 3.63) is 88.7 Å². The van der Waals surface area contributed by atoms with Crippen LogP contribution in [0, 0.1) is 12.7 Å². The van der Waals surface area contributed by atoms with Crippen LogP contribution in [0.5, 0.6) is 0 Å². The molecule has 1 amide bonds. The first-order chi connectivity index (χ1) is 13.3. The molecule has 0 fully saturated rings. The second-order valence-electron chi connectivity index (χ2n) is 6.03. The zero-order valence-corrected chi connectivity index (χ0v) is 16.3. The Morgan fingerprint density at radius 1 is 1.00 bits per heavy atom. The SMILES string of the molecule is Cc1cc(S(=O)(=O)Nc2ccc(F)c(Cl)c2)ccc1NC(=O)c1ccccc1. The van der Waals surface area contributed by atoms with E-state index in [9.17, 15) is 17.6 Å². The summed E-state index contributed by atoms with van der Waals surface area (Å²) in [4.78, 5) is 12.3. The van der Waals surface area contributed by atoms with Crippen LogP contribution in [0.4, 0.5) is 15.8 Å². The minimum atomic E-state index is -3.91. The van der Waals surface area contributed by atoms with Crippen molar-refractivity contribution >= 4 is 38.9 Å². The Morgan fingerprint density at radius 3 is 2.36 bits per heavy atom. The maximum absolute atomic E-state index is 13.2. The molecule has 3 rings (SSSR count). The Hall–Kier alpha value is -2.90. The summed E-state index contributed by atoms with van der Waals surface area (Å²) >= 11 is 5.68. The molecular formula is C20H16ClFN2O3S. The van der Waals surface area contributed by atoms with E-state index in [2.05, 4.69) is 10.0 Å². The van der Waals surface area contributed by atoms with Gasteiger partial charge in [-0.1, -0.05) is 29.8 Å². The van der Waals surface area contributed by atoms with E-state index in [0.717, 1.165) is 6.07 Å². The summed E-state index contributed by atoms with van der Waals surface area (Å²) in [6, 6.07) is 16.6. The average molecular weight is 419 g/mol. The van der Waals surface area contributed by atoms with E-state index in [1.807, 2.05) is 6.07 Å². The van der Waals surface area contributed by atoms with Crippen LogP contribution < -0.4 is 10.0 Å². The van der Waals surface area contributed by atoms with Crippen molar-refractivity contribution in [2.75, 3.05) is 10.0 Å². The number of carbonyl (C=O) groups is 1. The molecule has 3 aromatic carbocycles. The highest BCUT2D eigenvalue weighted by Crippen LogP contribution is 2.24. The van der Waals surface area contributed by atoms with Gasteiger partial charge in [0.2, 0.25) is 0 Å². The molecule has 3 aromatic rings. The van der Waals surface area contributed by atoms with Gasteiger partial charge in [-0.25, -0.2) is 12.8 Å². The van der Waals surface area contributed by atoms with Crippen LogP contribution in [-0.4, -0.2) is 14.3 Å². The summed E-state index contributed by atoms with van der Waals surface area (Å²) in [7, 11) is -3.91. The Balaban J connectivity index is 1.80. The third-order valence-electron chi connectivity index (χ3n) is 3.96. The minimum absolute atomic E-state index is 0.00292.